The molecular formula is C20H24Cl2N2O2. The number of benzene rings is 2. The summed E-state index contributed by atoms with van der Waals surface area (Å²) in [6, 6.07) is 12.5. The van der Waals surface area contributed by atoms with Crippen molar-refractivity contribution in [2.45, 2.75) is 32.6 Å². The maximum Gasteiger partial charge on any atom is 0.243 e. The van der Waals surface area contributed by atoms with Gasteiger partial charge in [0.05, 0.1) is 23.9 Å². The zero-order valence-corrected chi connectivity index (χ0v) is 16.4. The number of hydrogen-bond acceptors (Lipinski definition) is 3. The van der Waals surface area contributed by atoms with Crippen molar-refractivity contribution in [1.82, 2.24) is 0 Å². The van der Waals surface area contributed by atoms with Crippen LogP contribution in [0.15, 0.2) is 42.5 Å². The average molecular weight is 395 g/mol. The number of carbonyl (C=O) groups excluding carboxylic acids is 1. The van der Waals surface area contributed by atoms with E-state index in [1.54, 1.807) is 18.2 Å². The fourth-order valence-corrected chi connectivity index (χ4v) is 2.84. The molecule has 0 spiro atoms. The van der Waals surface area contributed by atoms with Gasteiger partial charge >= 0.3 is 0 Å². The molecular weight excluding hydrogens is 371 g/mol. The van der Waals surface area contributed by atoms with Crippen LogP contribution in [0.4, 0.5) is 11.4 Å². The molecule has 0 heterocycles. The fraction of sp³-hybridized carbons (Fsp3) is 0.350. The number of anilines is 2. The van der Waals surface area contributed by atoms with Crippen LogP contribution in [-0.4, -0.2) is 19.1 Å². The van der Waals surface area contributed by atoms with Crippen molar-refractivity contribution in [2.24, 2.45) is 0 Å². The first kappa shape index (κ1) is 20.4. The minimum absolute atomic E-state index is 0.124. The Kier molecular flexibility index (Phi) is 8.59. The molecule has 0 radical (unpaired) electrons. The highest BCUT2D eigenvalue weighted by molar-refractivity contribution is 6.36. The third-order valence-electron chi connectivity index (χ3n) is 3.76. The van der Waals surface area contributed by atoms with Crippen LogP contribution in [0.3, 0.4) is 0 Å². The quantitative estimate of drug-likeness (QED) is 0.485. The van der Waals surface area contributed by atoms with Gasteiger partial charge in [0, 0.05) is 16.8 Å². The molecule has 0 atom stereocenters. The molecule has 0 aliphatic heterocycles. The van der Waals surface area contributed by atoms with Crippen molar-refractivity contribution in [3.8, 4) is 5.75 Å². The minimum Gasteiger partial charge on any atom is -0.494 e. The maximum absolute atomic E-state index is 12.1. The third kappa shape index (κ3) is 7.14. The van der Waals surface area contributed by atoms with Crippen LogP contribution in [0.5, 0.6) is 5.75 Å². The van der Waals surface area contributed by atoms with Gasteiger partial charge in [-0.1, -0.05) is 55.5 Å². The number of nitrogens with one attached hydrogen (secondary N) is 2. The van der Waals surface area contributed by atoms with E-state index < -0.39 is 0 Å². The molecule has 0 aliphatic carbocycles. The summed E-state index contributed by atoms with van der Waals surface area (Å²) >= 11 is 11.9. The standard InChI is InChI=1S/C20H24Cl2N2O2/c1-2-3-4-5-11-26-17-8-6-7-16(13-17)23-14-20(25)24-19-10-9-15(21)12-18(19)22/h6-10,12-13,23H,2-5,11,14H2,1H3,(H,24,25). The number of rotatable bonds is 10. The summed E-state index contributed by atoms with van der Waals surface area (Å²) in [4.78, 5) is 12.1. The summed E-state index contributed by atoms with van der Waals surface area (Å²) in [6.07, 6.45) is 4.68. The Bertz CT molecular complexity index is 723. The van der Waals surface area contributed by atoms with E-state index in [0.717, 1.165) is 17.9 Å². The predicted octanol–water partition coefficient (Wildman–Crippen LogP) is 6.00. The molecule has 26 heavy (non-hydrogen) atoms. The van der Waals surface area contributed by atoms with Gasteiger partial charge in [-0.05, 0) is 36.8 Å². The van der Waals surface area contributed by atoms with E-state index in [1.165, 1.54) is 19.3 Å². The zero-order chi connectivity index (χ0) is 18.8. The van der Waals surface area contributed by atoms with Crippen molar-refractivity contribution in [2.75, 3.05) is 23.8 Å². The molecule has 0 aliphatic rings. The lowest BCUT2D eigenvalue weighted by molar-refractivity contribution is -0.114. The highest BCUT2D eigenvalue weighted by atomic mass is 35.5. The lowest BCUT2D eigenvalue weighted by Gasteiger charge is -2.11. The molecule has 1 amide bonds. The van der Waals surface area contributed by atoms with Crippen molar-refractivity contribution in [3.63, 3.8) is 0 Å². The van der Waals surface area contributed by atoms with Crippen molar-refractivity contribution < 1.29 is 9.53 Å². The van der Waals surface area contributed by atoms with E-state index in [9.17, 15) is 4.79 Å². The molecule has 140 valence electrons. The summed E-state index contributed by atoms with van der Waals surface area (Å²) in [5, 5.41) is 6.77. The molecule has 2 N–H and O–H groups in total. The monoisotopic (exact) mass is 394 g/mol. The van der Waals surface area contributed by atoms with Crippen LogP contribution in [0.25, 0.3) is 0 Å². The molecule has 0 bridgehead atoms. The van der Waals surface area contributed by atoms with Gasteiger partial charge in [0.1, 0.15) is 5.75 Å². The Morgan fingerprint density at radius 1 is 1.08 bits per heavy atom. The fourth-order valence-electron chi connectivity index (χ4n) is 2.38. The summed E-state index contributed by atoms with van der Waals surface area (Å²) in [5.74, 6) is 0.604. The second-order valence-corrected chi connectivity index (χ2v) is 6.81. The molecule has 0 saturated heterocycles. The van der Waals surface area contributed by atoms with Crippen LogP contribution in [0.2, 0.25) is 10.0 Å². The second-order valence-electron chi connectivity index (χ2n) is 5.96. The molecule has 2 aromatic carbocycles. The van der Waals surface area contributed by atoms with Crippen LogP contribution in [-0.2, 0) is 4.79 Å². The normalized spacial score (nSPS) is 10.4. The van der Waals surface area contributed by atoms with Gasteiger partial charge in [0.2, 0.25) is 5.91 Å². The van der Waals surface area contributed by atoms with Crippen LogP contribution in [0.1, 0.15) is 32.6 Å². The zero-order valence-electron chi connectivity index (χ0n) is 14.9. The molecule has 2 rings (SSSR count). The first-order valence-electron chi connectivity index (χ1n) is 8.80. The summed E-state index contributed by atoms with van der Waals surface area (Å²) in [6.45, 7) is 3.02. The number of hydrogen-bond donors (Lipinski definition) is 2. The lowest BCUT2D eigenvalue weighted by Crippen LogP contribution is -2.21. The van der Waals surface area contributed by atoms with Gasteiger partial charge < -0.3 is 15.4 Å². The number of unbranched alkanes of at least 4 members (excludes halogenated alkanes) is 3. The smallest absolute Gasteiger partial charge is 0.243 e. The van der Waals surface area contributed by atoms with Gasteiger partial charge in [0.15, 0.2) is 0 Å². The van der Waals surface area contributed by atoms with E-state index >= 15 is 0 Å². The van der Waals surface area contributed by atoms with Gasteiger partial charge in [-0.3, -0.25) is 4.79 Å². The Morgan fingerprint density at radius 2 is 1.92 bits per heavy atom. The summed E-state index contributed by atoms with van der Waals surface area (Å²) in [5.41, 5.74) is 1.36. The van der Waals surface area contributed by atoms with Gasteiger partial charge in [-0.15, -0.1) is 0 Å². The van der Waals surface area contributed by atoms with Gasteiger partial charge in [0.25, 0.3) is 0 Å². The second kappa shape index (κ2) is 10.9. The molecule has 6 heteroatoms. The van der Waals surface area contributed by atoms with Crippen molar-refractivity contribution >= 4 is 40.5 Å². The van der Waals surface area contributed by atoms with E-state index in [-0.39, 0.29) is 12.5 Å². The highest BCUT2D eigenvalue weighted by Gasteiger charge is 2.07. The van der Waals surface area contributed by atoms with Crippen LogP contribution >= 0.6 is 23.2 Å². The number of halogens is 2. The lowest BCUT2D eigenvalue weighted by atomic mass is 10.2. The van der Waals surface area contributed by atoms with Crippen LogP contribution in [0, 0.1) is 0 Å². The summed E-state index contributed by atoms with van der Waals surface area (Å²) < 4.78 is 5.75. The first-order chi connectivity index (χ1) is 12.6. The third-order valence-corrected chi connectivity index (χ3v) is 4.31. The highest BCUT2D eigenvalue weighted by Crippen LogP contribution is 2.25. The maximum atomic E-state index is 12.1. The molecule has 4 nitrogen and oxygen atoms in total. The molecule has 2 aromatic rings. The predicted molar refractivity (Wildman–Crippen MR) is 110 cm³/mol. The van der Waals surface area contributed by atoms with Gasteiger partial charge in [-0.2, -0.15) is 0 Å². The SMILES string of the molecule is CCCCCCOc1cccc(NCC(=O)Nc2ccc(Cl)cc2Cl)c1. The Balaban J connectivity index is 1.79. The first-order valence-corrected chi connectivity index (χ1v) is 9.55. The van der Waals surface area contributed by atoms with E-state index in [0.29, 0.717) is 22.3 Å². The van der Waals surface area contributed by atoms with E-state index in [1.807, 2.05) is 24.3 Å². The van der Waals surface area contributed by atoms with Crippen molar-refractivity contribution in [1.29, 1.82) is 0 Å². The number of amides is 1. The Labute approximate surface area is 164 Å². The summed E-state index contributed by atoms with van der Waals surface area (Å²) in [7, 11) is 0. The van der Waals surface area contributed by atoms with E-state index in [2.05, 4.69) is 17.6 Å². The van der Waals surface area contributed by atoms with Crippen molar-refractivity contribution in [3.05, 3.63) is 52.5 Å². The molecule has 0 fully saturated rings. The largest absolute Gasteiger partial charge is 0.494 e. The Hall–Kier alpha value is -1.91. The van der Waals surface area contributed by atoms with Crippen LogP contribution < -0.4 is 15.4 Å². The van der Waals surface area contributed by atoms with Gasteiger partial charge in [-0.25, -0.2) is 0 Å². The average Bonchev–Trinajstić information content (AvgIpc) is 2.63. The molecule has 0 saturated carbocycles. The molecule has 0 aromatic heterocycles. The number of carbonyl (C=O) groups is 1. The topological polar surface area (TPSA) is 50.4 Å². The Morgan fingerprint density at radius 3 is 2.69 bits per heavy atom. The van der Waals surface area contributed by atoms with E-state index in [4.69, 9.17) is 27.9 Å². The molecule has 0 unspecified atom stereocenters. The minimum atomic E-state index is -0.194. The number of ether oxygens (including phenoxy) is 1.